The molecule has 0 aliphatic carbocycles. The maximum Gasteiger partial charge on any atom is 0.404 e. The number of nitrogens with zero attached hydrogens (tertiary/aromatic N) is 2. The van der Waals surface area contributed by atoms with E-state index in [0.29, 0.717) is 16.6 Å². The van der Waals surface area contributed by atoms with Crippen molar-refractivity contribution in [2.75, 3.05) is 12.4 Å². The van der Waals surface area contributed by atoms with Crippen LogP contribution in [0.2, 0.25) is 0 Å². The third kappa shape index (κ3) is 5.01. The number of imidazole rings is 1. The SMILES string of the molecule is NC(=O)OCC1=C(C(=O)O)N2C(=O)C(NC(=O)C(NC(=O)c3nc4ccccc4[nH]3)c3ccc(O)cc3)[C@H]2SC1. The molecule has 7 N–H and O–H groups in total. The molecule has 40 heavy (non-hydrogen) atoms. The first-order valence-electron chi connectivity index (χ1n) is 11.8. The van der Waals surface area contributed by atoms with Gasteiger partial charge in [0, 0.05) is 11.3 Å². The summed E-state index contributed by atoms with van der Waals surface area (Å²) in [6, 6.07) is 10.2. The van der Waals surface area contributed by atoms with Crippen molar-refractivity contribution in [3.8, 4) is 5.75 Å². The number of H-pyrrole nitrogens is 1. The number of benzene rings is 2. The molecule has 0 radical (unpaired) electrons. The lowest BCUT2D eigenvalue weighted by Gasteiger charge is -2.49. The Bertz CT molecular complexity index is 1540. The summed E-state index contributed by atoms with van der Waals surface area (Å²) in [5, 5.41) is 23.9. The normalized spacial score (nSPS) is 18.9. The Kier molecular flexibility index (Phi) is 7.04. The van der Waals surface area contributed by atoms with Gasteiger partial charge in [-0.05, 0) is 29.8 Å². The summed E-state index contributed by atoms with van der Waals surface area (Å²) in [6.45, 7) is -0.395. The van der Waals surface area contributed by atoms with Crippen LogP contribution in [0.25, 0.3) is 11.0 Å². The van der Waals surface area contributed by atoms with Gasteiger partial charge in [-0.2, -0.15) is 0 Å². The van der Waals surface area contributed by atoms with Gasteiger partial charge in [0.1, 0.15) is 35.5 Å². The molecule has 15 heteroatoms. The minimum absolute atomic E-state index is 0.0338. The molecular weight excluding hydrogens is 544 g/mol. The fourth-order valence-corrected chi connectivity index (χ4v) is 5.74. The number of aromatic amines is 1. The van der Waals surface area contributed by atoms with E-state index in [4.69, 9.17) is 10.5 Å². The van der Waals surface area contributed by atoms with Crippen LogP contribution in [-0.4, -0.2) is 78.6 Å². The van der Waals surface area contributed by atoms with Crippen LogP contribution in [0.1, 0.15) is 22.2 Å². The summed E-state index contributed by atoms with van der Waals surface area (Å²) in [7, 11) is 0. The van der Waals surface area contributed by atoms with E-state index in [1.54, 1.807) is 24.3 Å². The number of para-hydroxylation sites is 2. The van der Waals surface area contributed by atoms with Gasteiger partial charge in [-0.1, -0.05) is 24.3 Å². The Balaban J connectivity index is 1.36. The van der Waals surface area contributed by atoms with E-state index in [1.165, 1.54) is 36.0 Å². The number of carbonyl (C=O) groups is 5. The topological polar surface area (TPSA) is 217 Å². The number of β-lactam (4-membered cyclic amide) rings is 1. The molecule has 3 atom stereocenters. The molecule has 1 fully saturated rings. The molecule has 3 heterocycles. The number of carbonyl (C=O) groups excluding carboxylic acids is 4. The molecule has 1 aromatic heterocycles. The quantitative estimate of drug-likeness (QED) is 0.208. The number of hydrogen-bond donors (Lipinski definition) is 6. The lowest BCUT2D eigenvalue weighted by molar-refractivity contribution is -0.151. The highest BCUT2D eigenvalue weighted by molar-refractivity contribution is 8.00. The summed E-state index contributed by atoms with van der Waals surface area (Å²) in [5.74, 6) is -3.49. The molecule has 0 spiro atoms. The Hall–Kier alpha value is -5.05. The smallest absolute Gasteiger partial charge is 0.404 e. The number of primary amides is 1. The van der Waals surface area contributed by atoms with Crippen molar-refractivity contribution < 1.29 is 38.9 Å². The number of ether oxygens (including phenoxy) is 1. The molecule has 5 rings (SSSR count). The molecule has 206 valence electrons. The van der Waals surface area contributed by atoms with E-state index in [0.717, 1.165) is 4.90 Å². The summed E-state index contributed by atoms with van der Waals surface area (Å²) in [4.78, 5) is 70.6. The summed E-state index contributed by atoms with van der Waals surface area (Å²) in [6.07, 6.45) is -1.09. The Labute approximate surface area is 229 Å². The van der Waals surface area contributed by atoms with Gasteiger partial charge in [0.15, 0.2) is 5.82 Å². The van der Waals surface area contributed by atoms with Crippen LogP contribution in [0.4, 0.5) is 4.79 Å². The molecule has 1 saturated heterocycles. The van der Waals surface area contributed by atoms with Gasteiger partial charge >= 0.3 is 12.1 Å². The number of thioether (sulfide) groups is 1. The number of fused-ring (bicyclic) bond motifs is 2. The van der Waals surface area contributed by atoms with Gasteiger partial charge < -0.3 is 36.3 Å². The van der Waals surface area contributed by atoms with Crippen LogP contribution in [0.3, 0.4) is 0 Å². The Morgan fingerprint density at radius 2 is 1.90 bits per heavy atom. The highest BCUT2D eigenvalue weighted by Gasteiger charge is 2.54. The van der Waals surface area contributed by atoms with Crippen LogP contribution >= 0.6 is 11.8 Å². The first-order chi connectivity index (χ1) is 19.1. The second-order valence-corrected chi connectivity index (χ2v) is 9.97. The van der Waals surface area contributed by atoms with E-state index in [1.807, 2.05) is 0 Å². The number of phenols is 1. The Morgan fingerprint density at radius 1 is 1.18 bits per heavy atom. The molecule has 2 aliphatic rings. The number of amides is 4. The lowest BCUT2D eigenvalue weighted by Crippen LogP contribution is -2.71. The third-order valence-corrected chi connectivity index (χ3v) is 7.64. The van der Waals surface area contributed by atoms with Crippen molar-refractivity contribution in [2.24, 2.45) is 5.73 Å². The van der Waals surface area contributed by atoms with Crippen LogP contribution in [0.5, 0.6) is 5.75 Å². The Morgan fingerprint density at radius 3 is 2.58 bits per heavy atom. The molecule has 4 amide bonds. The highest BCUT2D eigenvalue weighted by Crippen LogP contribution is 2.40. The first kappa shape index (κ1) is 26.6. The number of aromatic nitrogens is 2. The summed E-state index contributed by atoms with van der Waals surface area (Å²) >= 11 is 1.17. The van der Waals surface area contributed by atoms with Gasteiger partial charge in [0.2, 0.25) is 5.91 Å². The number of nitrogens with one attached hydrogen (secondary N) is 3. The largest absolute Gasteiger partial charge is 0.508 e. The van der Waals surface area contributed by atoms with Gasteiger partial charge in [0.25, 0.3) is 11.8 Å². The molecule has 0 saturated carbocycles. The van der Waals surface area contributed by atoms with Crippen molar-refractivity contribution in [1.29, 1.82) is 0 Å². The first-order valence-corrected chi connectivity index (χ1v) is 12.9. The van der Waals surface area contributed by atoms with Crippen LogP contribution in [0.15, 0.2) is 59.8 Å². The number of carboxylic acids is 1. The van der Waals surface area contributed by atoms with Gasteiger partial charge in [-0.25, -0.2) is 14.6 Å². The van der Waals surface area contributed by atoms with Crippen molar-refractivity contribution in [3.63, 3.8) is 0 Å². The molecule has 2 unspecified atom stereocenters. The average molecular weight is 567 g/mol. The fraction of sp³-hybridized carbons (Fsp3) is 0.200. The standard InChI is InChI=1S/C25H22N6O8S/c26-25(38)39-9-12-10-40-23-17(22(35)31(23)18(12)24(36)37)30-20(33)16(11-5-7-13(32)8-6-11)29-21(34)19-27-14-3-1-2-4-15(14)28-19/h1-8,16-17,23,32H,9-10H2,(H2,26,38)(H,27,28)(H,29,34)(H,30,33)(H,36,37)/t16?,17?,23-/m1/s1. The number of phenolic OH excluding ortho intramolecular Hbond substituents is 1. The van der Waals surface area contributed by atoms with Crippen molar-refractivity contribution in [1.82, 2.24) is 25.5 Å². The highest BCUT2D eigenvalue weighted by atomic mass is 32.2. The number of rotatable bonds is 8. The number of aliphatic carboxylic acids is 1. The van der Waals surface area contributed by atoms with Crippen LogP contribution < -0.4 is 16.4 Å². The van der Waals surface area contributed by atoms with E-state index in [-0.39, 0.29) is 28.6 Å². The van der Waals surface area contributed by atoms with Gasteiger partial charge in [0.05, 0.1) is 11.0 Å². The minimum Gasteiger partial charge on any atom is -0.508 e. The maximum absolute atomic E-state index is 13.4. The molecule has 2 aromatic carbocycles. The number of nitrogens with two attached hydrogens (primary N) is 1. The number of aromatic hydroxyl groups is 1. The predicted octanol–water partition coefficient (Wildman–Crippen LogP) is 0.574. The molecule has 14 nitrogen and oxygen atoms in total. The van der Waals surface area contributed by atoms with E-state index in [9.17, 15) is 34.2 Å². The van der Waals surface area contributed by atoms with Crippen LogP contribution in [-0.2, 0) is 19.1 Å². The molecule has 0 bridgehead atoms. The zero-order valence-corrected chi connectivity index (χ0v) is 21.3. The second kappa shape index (κ2) is 10.6. The molecular formula is C25H22N6O8S. The van der Waals surface area contributed by atoms with Gasteiger partial charge in [-0.15, -0.1) is 11.8 Å². The van der Waals surface area contributed by atoms with E-state index in [2.05, 4.69) is 20.6 Å². The van der Waals surface area contributed by atoms with Gasteiger partial charge in [-0.3, -0.25) is 19.3 Å². The molecule has 3 aromatic rings. The zero-order valence-electron chi connectivity index (χ0n) is 20.5. The average Bonchev–Trinajstić information content (AvgIpc) is 3.37. The lowest BCUT2D eigenvalue weighted by atomic mass is 10.0. The third-order valence-electron chi connectivity index (χ3n) is 6.30. The number of hydrogen-bond acceptors (Lipinski definition) is 9. The molecule has 2 aliphatic heterocycles. The maximum atomic E-state index is 13.4. The fourth-order valence-electron chi connectivity index (χ4n) is 4.42. The predicted molar refractivity (Wildman–Crippen MR) is 140 cm³/mol. The van der Waals surface area contributed by atoms with E-state index >= 15 is 0 Å². The van der Waals surface area contributed by atoms with E-state index < -0.39 is 53.8 Å². The van der Waals surface area contributed by atoms with Crippen molar-refractivity contribution in [2.45, 2.75) is 17.5 Å². The monoisotopic (exact) mass is 566 g/mol. The van der Waals surface area contributed by atoms with Crippen molar-refractivity contribution >= 4 is 52.6 Å². The summed E-state index contributed by atoms with van der Waals surface area (Å²) in [5.41, 5.74) is 6.31. The minimum atomic E-state index is -1.40. The van der Waals surface area contributed by atoms with Crippen molar-refractivity contribution in [3.05, 3.63) is 71.2 Å². The van der Waals surface area contributed by atoms with Crippen LogP contribution in [0, 0.1) is 0 Å². The number of carboxylic acid groups (broad SMARTS) is 1. The second-order valence-electron chi connectivity index (χ2n) is 8.86. The zero-order chi connectivity index (χ0) is 28.6. The summed E-state index contributed by atoms with van der Waals surface area (Å²) < 4.78 is 4.71.